The summed E-state index contributed by atoms with van der Waals surface area (Å²) >= 11 is 6.11. The molecule has 186 valence electrons. The number of carboxylic acid groups (broad SMARTS) is 1. The molecule has 0 unspecified atom stereocenters. The summed E-state index contributed by atoms with van der Waals surface area (Å²) in [5.41, 5.74) is 0.454. The van der Waals surface area contributed by atoms with Crippen LogP contribution in [0.2, 0.25) is 5.02 Å². The molecule has 3 rings (SSSR count). The van der Waals surface area contributed by atoms with E-state index in [1.54, 1.807) is 19.9 Å². The third-order valence-electron chi connectivity index (χ3n) is 6.28. The normalized spacial score (nSPS) is 22.3. The number of halogens is 1. The van der Waals surface area contributed by atoms with Gasteiger partial charge in [-0.3, -0.25) is 13.9 Å². The van der Waals surface area contributed by atoms with E-state index in [9.17, 15) is 27.9 Å². The SMILES string of the molecule is Cc1cc(S(=O)(=O)N2C=CNC(=O)[C@H]2CC(=O)N[C@H]2CCN(C(=O)O)CC2(C)C)c(C)cc1Cl. The maximum atomic E-state index is 13.5. The van der Waals surface area contributed by atoms with E-state index < -0.39 is 45.8 Å². The summed E-state index contributed by atoms with van der Waals surface area (Å²) in [5, 5.41) is 15.0. The van der Waals surface area contributed by atoms with Gasteiger partial charge in [0.1, 0.15) is 6.04 Å². The summed E-state index contributed by atoms with van der Waals surface area (Å²) in [6.07, 6.45) is 1.45. The minimum Gasteiger partial charge on any atom is -0.465 e. The number of likely N-dealkylation sites (tertiary alicyclic amines) is 1. The Balaban J connectivity index is 1.81. The molecule has 1 aromatic carbocycles. The zero-order valence-electron chi connectivity index (χ0n) is 19.5. The lowest BCUT2D eigenvalue weighted by Gasteiger charge is -2.43. The number of amides is 3. The van der Waals surface area contributed by atoms with Crippen LogP contribution in [0.4, 0.5) is 4.79 Å². The second-order valence-corrected chi connectivity index (χ2v) is 11.6. The zero-order valence-corrected chi connectivity index (χ0v) is 21.0. The fourth-order valence-electron chi connectivity index (χ4n) is 4.30. The van der Waals surface area contributed by atoms with E-state index in [1.165, 1.54) is 23.4 Å². The van der Waals surface area contributed by atoms with Gasteiger partial charge in [0.15, 0.2) is 0 Å². The Morgan fingerprint density at radius 2 is 1.94 bits per heavy atom. The minimum atomic E-state index is -4.16. The van der Waals surface area contributed by atoms with Crippen LogP contribution < -0.4 is 10.6 Å². The number of nitrogens with zero attached hydrogens (tertiary/aromatic N) is 2. The van der Waals surface area contributed by atoms with Crippen molar-refractivity contribution in [3.05, 3.63) is 40.7 Å². The van der Waals surface area contributed by atoms with Crippen LogP contribution in [0.25, 0.3) is 0 Å². The van der Waals surface area contributed by atoms with E-state index in [1.807, 2.05) is 13.8 Å². The van der Waals surface area contributed by atoms with Crippen LogP contribution in [0.15, 0.2) is 29.4 Å². The number of nitrogens with one attached hydrogen (secondary N) is 2. The summed E-state index contributed by atoms with van der Waals surface area (Å²) in [4.78, 5) is 38.1. The number of benzene rings is 1. The molecule has 0 saturated carbocycles. The van der Waals surface area contributed by atoms with Crippen molar-refractivity contribution in [3.8, 4) is 0 Å². The van der Waals surface area contributed by atoms with Gasteiger partial charge in [0.2, 0.25) is 11.8 Å². The van der Waals surface area contributed by atoms with Gasteiger partial charge in [-0.2, -0.15) is 0 Å². The average Bonchev–Trinajstić information content (AvgIpc) is 2.73. The molecule has 3 amide bonds. The van der Waals surface area contributed by atoms with E-state index in [0.717, 1.165) is 4.31 Å². The Hall–Kier alpha value is -2.79. The number of hydrogen-bond donors (Lipinski definition) is 3. The maximum Gasteiger partial charge on any atom is 0.407 e. The Labute approximate surface area is 204 Å². The molecule has 1 aromatic rings. The average molecular weight is 513 g/mol. The van der Waals surface area contributed by atoms with E-state index in [-0.39, 0.29) is 24.0 Å². The Kier molecular flexibility index (Phi) is 7.18. The molecule has 0 radical (unpaired) electrons. The maximum absolute atomic E-state index is 13.5. The highest BCUT2D eigenvalue weighted by Crippen LogP contribution is 2.31. The van der Waals surface area contributed by atoms with Gasteiger partial charge in [-0.25, -0.2) is 13.2 Å². The predicted octanol–water partition coefficient (Wildman–Crippen LogP) is 2.20. The number of piperidine rings is 1. The lowest BCUT2D eigenvalue weighted by atomic mass is 9.79. The smallest absolute Gasteiger partial charge is 0.407 e. The first-order chi connectivity index (χ1) is 15.7. The molecule has 10 nitrogen and oxygen atoms in total. The molecule has 0 bridgehead atoms. The summed E-state index contributed by atoms with van der Waals surface area (Å²) in [7, 11) is -4.16. The van der Waals surface area contributed by atoms with Gasteiger partial charge in [0, 0.05) is 42.0 Å². The van der Waals surface area contributed by atoms with Crippen LogP contribution in [0, 0.1) is 19.3 Å². The Bertz CT molecular complexity index is 1150. The standard InChI is InChI=1S/C22H29ClN4O6S/c1-13-10-17(14(2)9-15(13)23)34(32,33)27-8-6-24-20(29)16(27)11-19(28)25-18-5-7-26(21(30)31)12-22(18,3)4/h6,8-10,16,18H,5,7,11-12H2,1-4H3,(H,24,29)(H,25,28)(H,30,31)/t16-,18+/m1/s1. The first-order valence-corrected chi connectivity index (χ1v) is 12.6. The van der Waals surface area contributed by atoms with Crippen molar-refractivity contribution in [3.63, 3.8) is 0 Å². The van der Waals surface area contributed by atoms with Gasteiger partial charge in [0.05, 0.1) is 11.3 Å². The summed E-state index contributed by atoms with van der Waals surface area (Å²) in [6, 6.07) is 1.38. The number of hydrogen-bond acceptors (Lipinski definition) is 5. The summed E-state index contributed by atoms with van der Waals surface area (Å²) < 4.78 is 27.8. The molecule has 3 N–H and O–H groups in total. The van der Waals surface area contributed by atoms with E-state index >= 15 is 0 Å². The monoisotopic (exact) mass is 512 g/mol. The molecular formula is C22H29ClN4O6S. The number of carbonyl (C=O) groups excluding carboxylic acids is 2. The molecule has 1 fully saturated rings. The Morgan fingerprint density at radius 3 is 2.56 bits per heavy atom. The number of carbonyl (C=O) groups is 3. The molecule has 2 aliphatic heterocycles. The molecule has 34 heavy (non-hydrogen) atoms. The van der Waals surface area contributed by atoms with Gasteiger partial charge in [-0.15, -0.1) is 0 Å². The van der Waals surface area contributed by atoms with Crippen LogP contribution >= 0.6 is 11.6 Å². The van der Waals surface area contributed by atoms with Crippen LogP contribution in [0.1, 0.15) is 37.8 Å². The molecule has 0 aromatic heterocycles. The highest BCUT2D eigenvalue weighted by molar-refractivity contribution is 7.89. The molecule has 2 heterocycles. The van der Waals surface area contributed by atoms with Crippen LogP contribution in [0.3, 0.4) is 0 Å². The van der Waals surface area contributed by atoms with Gasteiger partial charge in [-0.1, -0.05) is 25.4 Å². The largest absolute Gasteiger partial charge is 0.465 e. The van der Waals surface area contributed by atoms with E-state index in [4.69, 9.17) is 11.6 Å². The van der Waals surface area contributed by atoms with Crippen molar-refractivity contribution in [2.75, 3.05) is 13.1 Å². The molecule has 1 saturated heterocycles. The molecule has 2 aliphatic rings. The van der Waals surface area contributed by atoms with Gasteiger partial charge >= 0.3 is 6.09 Å². The lowest BCUT2D eigenvalue weighted by Crippen LogP contribution is -2.58. The predicted molar refractivity (Wildman–Crippen MR) is 126 cm³/mol. The van der Waals surface area contributed by atoms with E-state index in [2.05, 4.69) is 10.6 Å². The summed E-state index contributed by atoms with van der Waals surface area (Å²) in [5.74, 6) is -1.12. The highest BCUT2D eigenvalue weighted by atomic mass is 35.5. The van der Waals surface area contributed by atoms with Gasteiger partial charge < -0.3 is 20.6 Å². The molecule has 2 atom stereocenters. The number of rotatable bonds is 5. The van der Waals surface area contributed by atoms with Crippen LogP contribution in [-0.2, 0) is 19.6 Å². The fraction of sp³-hybridized carbons (Fsp3) is 0.500. The number of sulfonamides is 1. The van der Waals surface area contributed by atoms with Crippen LogP contribution in [-0.4, -0.2) is 65.8 Å². The topological polar surface area (TPSA) is 136 Å². The third kappa shape index (κ3) is 5.15. The number of aryl methyl sites for hydroxylation is 2. The lowest BCUT2D eigenvalue weighted by molar-refractivity contribution is -0.130. The Morgan fingerprint density at radius 1 is 1.26 bits per heavy atom. The molecule has 0 spiro atoms. The van der Waals surface area contributed by atoms with Crippen molar-refractivity contribution >= 4 is 39.5 Å². The zero-order chi connectivity index (χ0) is 25.4. The van der Waals surface area contributed by atoms with Crippen molar-refractivity contribution < 1.29 is 27.9 Å². The van der Waals surface area contributed by atoms with Crippen molar-refractivity contribution in [2.24, 2.45) is 5.41 Å². The van der Waals surface area contributed by atoms with Gasteiger partial charge in [-0.05, 0) is 43.5 Å². The highest BCUT2D eigenvalue weighted by Gasteiger charge is 2.41. The van der Waals surface area contributed by atoms with Crippen LogP contribution in [0.5, 0.6) is 0 Å². The fourth-order valence-corrected chi connectivity index (χ4v) is 6.26. The molecule has 12 heteroatoms. The minimum absolute atomic E-state index is 0.00124. The van der Waals surface area contributed by atoms with Crippen molar-refractivity contribution in [1.82, 2.24) is 19.8 Å². The summed E-state index contributed by atoms with van der Waals surface area (Å²) in [6.45, 7) is 7.51. The van der Waals surface area contributed by atoms with Crippen molar-refractivity contribution in [2.45, 2.75) is 57.5 Å². The second kappa shape index (κ2) is 9.46. The van der Waals surface area contributed by atoms with E-state index in [0.29, 0.717) is 22.6 Å². The van der Waals surface area contributed by atoms with Crippen molar-refractivity contribution in [1.29, 1.82) is 0 Å². The third-order valence-corrected chi connectivity index (χ3v) is 8.62. The second-order valence-electron chi connectivity index (χ2n) is 9.35. The first-order valence-electron chi connectivity index (χ1n) is 10.8. The molecule has 0 aliphatic carbocycles. The van der Waals surface area contributed by atoms with Gasteiger partial charge in [0.25, 0.3) is 10.0 Å². The first kappa shape index (κ1) is 25.8. The quantitative estimate of drug-likeness (QED) is 0.553. The molecular weight excluding hydrogens is 484 g/mol.